The predicted molar refractivity (Wildman–Crippen MR) is 86.6 cm³/mol. The summed E-state index contributed by atoms with van der Waals surface area (Å²) in [7, 11) is 0. The number of rotatable bonds is 4. The van der Waals surface area contributed by atoms with Crippen molar-refractivity contribution in [2.24, 2.45) is 0 Å². The summed E-state index contributed by atoms with van der Waals surface area (Å²) in [6.07, 6.45) is 0. The molecule has 0 aliphatic heterocycles. The van der Waals surface area contributed by atoms with Crippen LogP contribution < -0.4 is 4.90 Å². The fraction of sp³-hybridized carbons (Fsp3) is 0.235. The average Bonchev–Trinajstić information content (AvgIpc) is 2.91. The van der Waals surface area contributed by atoms with Crippen LogP contribution in [0, 0.1) is 0 Å². The van der Waals surface area contributed by atoms with Crippen molar-refractivity contribution in [1.29, 1.82) is 0 Å². The van der Waals surface area contributed by atoms with E-state index in [9.17, 15) is 4.79 Å². The summed E-state index contributed by atoms with van der Waals surface area (Å²) in [5.41, 5.74) is 2.56. The zero-order chi connectivity index (χ0) is 15.5. The maximum absolute atomic E-state index is 12.7. The van der Waals surface area contributed by atoms with Crippen LogP contribution in [-0.2, 0) is 11.3 Å². The van der Waals surface area contributed by atoms with Gasteiger partial charge in [-0.1, -0.05) is 35.5 Å². The van der Waals surface area contributed by atoms with Gasteiger partial charge in [0.05, 0.1) is 5.52 Å². The summed E-state index contributed by atoms with van der Waals surface area (Å²) in [5, 5.41) is 8.18. The van der Waals surface area contributed by atoms with Crippen molar-refractivity contribution in [3.63, 3.8) is 0 Å². The molecule has 0 aliphatic rings. The minimum Gasteiger partial charge on any atom is -0.308 e. The first kappa shape index (κ1) is 14.3. The molecule has 0 bridgehead atoms. The molecule has 1 amide bonds. The van der Waals surface area contributed by atoms with Gasteiger partial charge in [-0.15, -0.1) is 5.10 Å². The van der Waals surface area contributed by atoms with E-state index in [0.717, 1.165) is 16.7 Å². The smallest absolute Gasteiger partial charge is 0.249 e. The number of hydrogen-bond acceptors (Lipinski definition) is 3. The first-order valence-corrected chi connectivity index (χ1v) is 7.32. The van der Waals surface area contributed by atoms with E-state index in [1.807, 2.05) is 68.4 Å². The first-order chi connectivity index (χ1) is 10.7. The van der Waals surface area contributed by atoms with E-state index in [0.29, 0.717) is 0 Å². The van der Waals surface area contributed by atoms with Gasteiger partial charge in [-0.05, 0) is 38.1 Å². The van der Waals surface area contributed by atoms with Gasteiger partial charge in [0, 0.05) is 11.7 Å². The molecule has 0 saturated heterocycles. The van der Waals surface area contributed by atoms with Crippen molar-refractivity contribution in [3.8, 4) is 0 Å². The fourth-order valence-electron chi connectivity index (χ4n) is 2.56. The second-order valence-electron chi connectivity index (χ2n) is 5.43. The van der Waals surface area contributed by atoms with Gasteiger partial charge >= 0.3 is 0 Å². The fourth-order valence-corrected chi connectivity index (χ4v) is 2.56. The van der Waals surface area contributed by atoms with Crippen LogP contribution in [0.2, 0.25) is 0 Å². The number of benzene rings is 2. The second-order valence-corrected chi connectivity index (χ2v) is 5.43. The summed E-state index contributed by atoms with van der Waals surface area (Å²) in [4.78, 5) is 14.5. The molecular formula is C17H18N4O. The number of carbonyl (C=O) groups excluding carboxylic acids is 1. The Hall–Kier alpha value is -2.69. The molecule has 2 aromatic carbocycles. The van der Waals surface area contributed by atoms with Crippen LogP contribution in [0.3, 0.4) is 0 Å². The SMILES string of the molecule is CC(C)N(C(=O)Cn1nnc2ccccc21)c1ccccc1. The topological polar surface area (TPSA) is 51.0 Å². The first-order valence-electron chi connectivity index (χ1n) is 7.32. The average molecular weight is 294 g/mol. The van der Waals surface area contributed by atoms with Gasteiger partial charge in [0.15, 0.2) is 0 Å². The van der Waals surface area contributed by atoms with E-state index in [-0.39, 0.29) is 18.5 Å². The van der Waals surface area contributed by atoms with E-state index < -0.39 is 0 Å². The van der Waals surface area contributed by atoms with Crippen molar-refractivity contribution >= 4 is 22.6 Å². The highest BCUT2D eigenvalue weighted by atomic mass is 16.2. The molecule has 1 aromatic heterocycles. The Labute approximate surface area is 129 Å². The third kappa shape index (κ3) is 2.70. The van der Waals surface area contributed by atoms with Crippen molar-refractivity contribution < 1.29 is 4.79 Å². The lowest BCUT2D eigenvalue weighted by molar-refractivity contribution is -0.119. The van der Waals surface area contributed by atoms with Crippen LogP contribution in [0.1, 0.15) is 13.8 Å². The Morgan fingerprint density at radius 1 is 1.09 bits per heavy atom. The molecule has 0 N–H and O–H groups in total. The van der Waals surface area contributed by atoms with Crippen molar-refractivity contribution in [2.45, 2.75) is 26.4 Å². The normalized spacial score (nSPS) is 11.0. The number of amides is 1. The maximum atomic E-state index is 12.7. The van der Waals surface area contributed by atoms with Gasteiger partial charge in [0.25, 0.3) is 0 Å². The van der Waals surface area contributed by atoms with Crippen LogP contribution in [0.5, 0.6) is 0 Å². The van der Waals surface area contributed by atoms with Crippen molar-refractivity contribution in [1.82, 2.24) is 15.0 Å². The molecule has 0 atom stereocenters. The second kappa shape index (κ2) is 5.97. The third-order valence-electron chi connectivity index (χ3n) is 3.52. The number of carbonyl (C=O) groups is 1. The Morgan fingerprint density at radius 3 is 2.50 bits per heavy atom. The highest BCUT2D eigenvalue weighted by Crippen LogP contribution is 2.18. The lowest BCUT2D eigenvalue weighted by Crippen LogP contribution is -2.39. The molecule has 0 aliphatic carbocycles. The molecule has 1 heterocycles. The monoisotopic (exact) mass is 294 g/mol. The van der Waals surface area contributed by atoms with E-state index in [1.165, 1.54) is 0 Å². The van der Waals surface area contributed by atoms with E-state index >= 15 is 0 Å². The quantitative estimate of drug-likeness (QED) is 0.743. The molecule has 112 valence electrons. The van der Waals surface area contributed by atoms with Crippen LogP contribution >= 0.6 is 0 Å². The Balaban J connectivity index is 1.89. The molecule has 5 heteroatoms. The predicted octanol–water partition coefficient (Wildman–Crippen LogP) is 2.87. The van der Waals surface area contributed by atoms with Crippen LogP contribution in [0.25, 0.3) is 11.0 Å². The number of anilines is 1. The number of aromatic nitrogens is 3. The van der Waals surface area contributed by atoms with Crippen molar-refractivity contribution in [3.05, 3.63) is 54.6 Å². The number of nitrogens with zero attached hydrogens (tertiary/aromatic N) is 4. The van der Waals surface area contributed by atoms with E-state index in [4.69, 9.17) is 0 Å². The van der Waals surface area contributed by atoms with Crippen LogP contribution in [0.4, 0.5) is 5.69 Å². The number of hydrogen-bond donors (Lipinski definition) is 0. The maximum Gasteiger partial charge on any atom is 0.249 e. The Bertz CT molecular complexity index is 779. The van der Waals surface area contributed by atoms with Gasteiger partial charge in [-0.3, -0.25) is 4.79 Å². The molecule has 0 fully saturated rings. The lowest BCUT2D eigenvalue weighted by Gasteiger charge is -2.26. The largest absolute Gasteiger partial charge is 0.308 e. The third-order valence-corrected chi connectivity index (χ3v) is 3.52. The van der Waals surface area contributed by atoms with Crippen molar-refractivity contribution in [2.75, 3.05) is 4.90 Å². The number of fused-ring (bicyclic) bond motifs is 1. The van der Waals surface area contributed by atoms with E-state index in [2.05, 4.69) is 10.3 Å². The highest BCUT2D eigenvalue weighted by Gasteiger charge is 2.20. The zero-order valence-electron chi connectivity index (χ0n) is 12.7. The summed E-state index contributed by atoms with van der Waals surface area (Å²) < 4.78 is 1.65. The molecule has 3 rings (SSSR count). The molecular weight excluding hydrogens is 276 g/mol. The van der Waals surface area contributed by atoms with Gasteiger partial charge in [-0.25, -0.2) is 4.68 Å². The molecule has 0 radical (unpaired) electrons. The molecule has 3 aromatic rings. The van der Waals surface area contributed by atoms with Crippen LogP contribution in [0.15, 0.2) is 54.6 Å². The summed E-state index contributed by atoms with van der Waals surface area (Å²) in [6, 6.07) is 17.4. The highest BCUT2D eigenvalue weighted by molar-refractivity contribution is 5.94. The minimum atomic E-state index is -0.00291. The van der Waals surface area contributed by atoms with Gasteiger partial charge in [0.2, 0.25) is 5.91 Å². The lowest BCUT2D eigenvalue weighted by atomic mass is 10.2. The zero-order valence-corrected chi connectivity index (χ0v) is 12.7. The summed E-state index contributed by atoms with van der Waals surface area (Å²) in [6.45, 7) is 4.18. The Kier molecular flexibility index (Phi) is 3.87. The number of para-hydroxylation sites is 2. The van der Waals surface area contributed by atoms with Gasteiger partial charge < -0.3 is 4.90 Å². The molecule has 0 saturated carbocycles. The molecule has 5 nitrogen and oxygen atoms in total. The summed E-state index contributed by atoms with van der Waals surface area (Å²) >= 11 is 0. The summed E-state index contributed by atoms with van der Waals surface area (Å²) in [5.74, 6) is -0.00291. The molecule has 0 spiro atoms. The van der Waals surface area contributed by atoms with E-state index in [1.54, 1.807) is 9.58 Å². The minimum absolute atomic E-state index is 0.00291. The Morgan fingerprint density at radius 2 is 1.77 bits per heavy atom. The molecule has 0 unspecified atom stereocenters. The van der Waals surface area contributed by atoms with Gasteiger partial charge in [-0.2, -0.15) is 0 Å². The van der Waals surface area contributed by atoms with Crippen LogP contribution in [-0.4, -0.2) is 26.9 Å². The standard InChI is InChI=1S/C17H18N4O/c1-13(2)21(14-8-4-3-5-9-14)17(22)12-20-16-11-7-6-10-15(16)18-19-20/h3-11,13H,12H2,1-2H3. The van der Waals surface area contributed by atoms with Gasteiger partial charge in [0.1, 0.15) is 12.1 Å². The molecule has 22 heavy (non-hydrogen) atoms.